The van der Waals surface area contributed by atoms with Crippen molar-refractivity contribution in [2.75, 3.05) is 38.5 Å². The van der Waals surface area contributed by atoms with E-state index >= 15 is 0 Å². The number of rotatable bonds is 4. The Labute approximate surface area is 120 Å². The van der Waals surface area contributed by atoms with Gasteiger partial charge in [-0.05, 0) is 36.7 Å². The number of piperazine rings is 1. The highest BCUT2D eigenvalue weighted by molar-refractivity contribution is 5.92. The molecule has 4 heteroatoms. The first-order valence-electron chi connectivity index (χ1n) is 7.24. The van der Waals surface area contributed by atoms with E-state index in [2.05, 4.69) is 11.8 Å². The minimum Gasteiger partial charge on any atom is -0.399 e. The minimum absolute atomic E-state index is 0.0866. The number of nitrogen functional groups attached to an aromatic ring is 1. The predicted molar refractivity (Wildman–Crippen MR) is 83.2 cm³/mol. The molecule has 0 unspecified atom stereocenters. The molecule has 0 spiro atoms. The first-order chi connectivity index (χ1) is 9.69. The fraction of sp³-hybridized carbons (Fsp3) is 0.438. The summed E-state index contributed by atoms with van der Waals surface area (Å²) >= 11 is 0. The molecular weight excluding hydrogens is 250 g/mol. The molecule has 2 rings (SSSR count). The molecule has 1 aliphatic heterocycles. The smallest absolute Gasteiger partial charge is 0.246 e. The van der Waals surface area contributed by atoms with Gasteiger partial charge in [0.25, 0.3) is 0 Å². The van der Waals surface area contributed by atoms with Crippen molar-refractivity contribution in [1.82, 2.24) is 9.80 Å². The van der Waals surface area contributed by atoms with Gasteiger partial charge in [0.2, 0.25) is 5.91 Å². The summed E-state index contributed by atoms with van der Waals surface area (Å²) in [4.78, 5) is 16.4. The molecule has 1 aliphatic rings. The molecule has 4 nitrogen and oxygen atoms in total. The second kappa shape index (κ2) is 7.10. The van der Waals surface area contributed by atoms with Crippen LogP contribution >= 0.6 is 0 Å². The lowest BCUT2D eigenvalue weighted by atomic mass is 10.2. The third-order valence-electron chi connectivity index (χ3n) is 3.55. The number of nitrogens with two attached hydrogens (primary N) is 1. The summed E-state index contributed by atoms with van der Waals surface area (Å²) in [7, 11) is 0. The molecule has 0 radical (unpaired) electrons. The number of hydrogen-bond donors (Lipinski definition) is 1. The van der Waals surface area contributed by atoms with Crippen LogP contribution in [-0.4, -0.2) is 48.4 Å². The fourth-order valence-corrected chi connectivity index (χ4v) is 2.44. The van der Waals surface area contributed by atoms with Gasteiger partial charge in [0.1, 0.15) is 0 Å². The quantitative estimate of drug-likeness (QED) is 0.672. The van der Waals surface area contributed by atoms with Crippen LogP contribution in [0.3, 0.4) is 0 Å². The van der Waals surface area contributed by atoms with Gasteiger partial charge in [-0.2, -0.15) is 0 Å². The van der Waals surface area contributed by atoms with E-state index in [-0.39, 0.29) is 5.91 Å². The van der Waals surface area contributed by atoms with E-state index < -0.39 is 0 Å². The Hall–Kier alpha value is -1.81. The van der Waals surface area contributed by atoms with Gasteiger partial charge < -0.3 is 10.6 Å². The van der Waals surface area contributed by atoms with Crippen LogP contribution in [0.1, 0.15) is 18.9 Å². The highest BCUT2D eigenvalue weighted by Gasteiger charge is 2.18. The van der Waals surface area contributed by atoms with Gasteiger partial charge in [0.15, 0.2) is 0 Å². The van der Waals surface area contributed by atoms with Crippen LogP contribution in [0.5, 0.6) is 0 Å². The molecule has 0 aromatic heterocycles. The molecule has 1 aromatic carbocycles. The molecule has 2 N–H and O–H groups in total. The summed E-state index contributed by atoms with van der Waals surface area (Å²) < 4.78 is 0. The lowest BCUT2D eigenvalue weighted by Gasteiger charge is -2.34. The van der Waals surface area contributed by atoms with Crippen molar-refractivity contribution in [1.29, 1.82) is 0 Å². The Morgan fingerprint density at radius 3 is 2.70 bits per heavy atom. The number of benzene rings is 1. The fourth-order valence-electron chi connectivity index (χ4n) is 2.44. The monoisotopic (exact) mass is 273 g/mol. The van der Waals surface area contributed by atoms with Crippen LogP contribution in [0.2, 0.25) is 0 Å². The lowest BCUT2D eigenvalue weighted by Crippen LogP contribution is -2.48. The Morgan fingerprint density at radius 1 is 1.30 bits per heavy atom. The van der Waals surface area contributed by atoms with Gasteiger partial charge in [-0.3, -0.25) is 9.69 Å². The third kappa shape index (κ3) is 4.10. The first-order valence-corrected chi connectivity index (χ1v) is 7.24. The average Bonchev–Trinajstić information content (AvgIpc) is 2.46. The Bertz CT molecular complexity index is 476. The lowest BCUT2D eigenvalue weighted by molar-refractivity contribution is -0.127. The van der Waals surface area contributed by atoms with E-state index in [1.54, 1.807) is 6.08 Å². The van der Waals surface area contributed by atoms with Crippen LogP contribution in [0.15, 0.2) is 30.3 Å². The molecule has 0 aliphatic carbocycles. The average molecular weight is 273 g/mol. The Balaban J connectivity index is 1.86. The van der Waals surface area contributed by atoms with Gasteiger partial charge in [-0.1, -0.05) is 19.1 Å². The first kappa shape index (κ1) is 14.6. The second-order valence-electron chi connectivity index (χ2n) is 5.17. The normalized spacial score (nSPS) is 16.8. The zero-order valence-electron chi connectivity index (χ0n) is 12.1. The van der Waals surface area contributed by atoms with Crippen LogP contribution in [0, 0.1) is 0 Å². The van der Waals surface area contributed by atoms with Crippen molar-refractivity contribution >= 4 is 17.7 Å². The van der Waals surface area contributed by atoms with Crippen molar-refractivity contribution in [2.24, 2.45) is 0 Å². The van der Waals surface area contributed by atoms with Gasteiger partial charge in [-0.15, -0.1) is 0 Å². The molecular formula is C16H23N3O. The number of anilines is 1. The summed E-state index contributed by atoms with van der Waals surface area (Å²) in [6.07, 6.45) is 4.64. The van der Waals surface area contributed by atoms with Crippen molar-refractivity contribution in [3.63, 3.8) is 0 Å². The number of nitrogens with zero attached hydrogens (tertiary/aromatic N) is 2. The van der Waals surface area contributed by atoms with E-state index in [4.69, 9.17) is 5.73 Å². The molecule has 0 bridgehead atoms. The van der Waals surface area contributed by atoms with Crippen molar-refractivity contribution < 1.29 is 4.79 Å². The van der Waals surface area contributed by atoms with E-state index in [0.29, 0.717) is 5.69 Å². The minimum atomic E-state index is 0.0866. The molecule has 1 fully saturated rings. The molecule has 1 saturated heterocycles. The summed E-state index contributed by atoms with van der Waals surface area (Å²) in [5.41, 5.74) is 7.39. The van der Waals surface area contributed by atoms with Crippen LogP contribution in [-0.2, 0) is 4.79 Å². The summed E-state index contributed by atoms with van der Waals surface area (Å²) in [5, 5.41) is 0. The largest absolute Gasteiger partial charge is 0.399 e. The van der Waals surface area contributed by atoms with Gasteiger partial charge in [-0.25, -0.2) is 0 Å². The number of hydrogen-bond acceptors (Lipinski definition) is 3. The van der Waals surface area contributed by atoms with Crippen LogP contribution in [0.25, 0.3) is 6.08 Å². The van der Waals surface area contributed by atoms with Gasteiger partial charge in [0.05, 0.1) is 0 Å². The molecule has 1 heterocycles. The number of carbonyl (C=O) groups is 1. The SMILES string of the molecule is CCCN1CCN(C(=O)/C=C/c2cccc(N)c2)CC1. The zero-order valence-corrected chi connectivity index (χ0v) is 12.1. The number of amides is 1. The van der Waals surface area contributed by atoms with E-state index in [1.807, 2.05) is 35.2 Å². The predicted octanol–water partition coefficient (Wildman–Crippen LogP) is 1.84. The zero-order chi connectivity index (χ0) is 14.4. The molecule has 20 heavy (non-hydrogen) atoms. The van der Waals surface area contributed by atoms with E-state index in [1.165, 1.54) is 6.42 Å². The second-order valence-corrected chi connectivity index (χ2v) is 5.17. The van der Waals surface area contributed by atoms with Crippen LogP contribution < -0.4 is 5.73 Å². The van der Waals surface area contributed by atoms with Crippen LogP contribution in [0.4, 0.5) is 5.69 Å². The maximum Gasteiger partial charge on any atom is 0.246 e. The summed E-state index contributed by atoms with van der Waals surface area (Å²) in [6.45, 7) is 6.91. The number of carbonyl (C=O) groups excluding carboxylic acids is 1. The highest BCUT2D eigenvalue weighted by atomic mass is 16.2. The molecule has 0 atom stereocenters. The maximum absolute atomic E-state index is 12.1. The van der Waals surface area contributed by atoms with E-state index in [9.17, 15) is 4.79 Å². The topological polar surface area (TPSA) is 49.6 Å². The standard InChI is InChI=1S/C16H23N3O/c1-2-8-18-9-11-19(12-10-18)16(20)7-6-14-4-3-5-15(17)13-14/h3-7,13H,2,8-12,17H2,1H3/b7-6+. The van der Waals surface area contributed by atoms with Crippen molar-refractivity contribution in [2.45, 2.75) is 13.3 Å². The third-order valence-corrected chi connectivity index (χ3v) is 3.55. The van der Waals surface area contributed by atoms with E-state index in [0.717, 1.165) is 38.3 Å². The molecule has 1 amide bonds. The maximum atomic E-state index is 12.1. The van der Waals surface area contributed by atoms with Crippen molar-refractivity contribution in [3.05, 3.63) is 35.9 Å². The van der Waals surface area contributed by atoms with Gasteiger partial charge >= 0.3 is 0 Å². The van der Waals surface area contributed by atoms with Gasteiger partial charge in [0, 0.05) is 37.9 Å². The van der Waals surface area contributed by atoms with Crippen molar-refractivity contribution in [3.8, 4) is 0 Å². The Kier molecular flexibility index (Phi) is 5.18. The molecule has 1 aromatic rings. The molecule has 0 saturated carbocycles. The summed E-state index contributed by atoms with van der Waals surface area (Å²) in [5.74, 6) is 0.0866. The highest BCUT2D eigenvalue weighted by Crippen LogP contribution is 2.09. The Morgan fingerprint density at radius 2 is 2.05 bits per heavy atom. The molecule has 108 valence electrons. The summed E-state index contributed by atoms with van der Waals surface area (Å²) in [6, 6.07) is 7.54.